The standard InChI is InChI=1S/2C44H28.C38H24/c1-2-13-30(14-3-1)43-36-18-8-10-20-38(36)44(39-21-11-9-19-37(39)43)32-24-22-31(23-25-32)42-35-17-7-5-15-33(35)28-41-34-16-6-4-12-29(34)26-27-40(41)42;1-2-13-31(14-3-1)43-37-18-8-10-20-39(37)44(40-21-11-9-19-38(40)43)32-24-22-30(23-25-32)41-28-42-33-15-5-4-12-29(33)26-27-36(42)34-16-6-7-17-35(34)41;1-2-13-26(14-3-1)37-31-18-8-10-20-33(31)38(34-21-11-9-19-32(34)37)36-24-35-27-15-5-4-12-25(27)22-23-30(35)28-16-6-7-17-29(28)36/h2*1-28H;1-24H. The molecule has 0 heteroatoms. The Kier molecular flexibility index (Phi) is 18.1. The minimum absolute atomic E-state index is 1.23. The van der Waals surface area contributed by atoms with Gasteiger partial charge in [-0.25, -0.2) is 0 Å². The van der Waals surface area contributed by atoms with E-state index in [4.69, 9.17) is 0 Å². The van der Waals surface area contributed by atoms with Gasteiger partial charge in [-0.1, -0.05) is 467 Å². The third-order valence-corrected chi connectivity index (χ3v) is 26.5. The lowest BCUT2D eigenvalue weighted by Crippen LogP contribution is -1.92. The average Bonchev–Trinajstić information content (AvgIpc) is 0.736. The van der Waals surface area contributed by atoms with Crippen molar-refractivity contribution < 1.29 is 0 Å². The normalized spacial score (nSPS) is 11.7. The topological polar surface area (TPSA) is 0 Å². The van der Waals surface area contributed by atoms with Crippen LogP contribution in [0.2, 0.25) is 0 Å². The first kappa shape index (κ1) is 73.5. The van der Waals surface area contributed by atoms with Crippen LogP contribution in [0.3, 0.4) is 0 Å². The van der Waals surface area contributed by atoms with Crippen molar-refractivity contribution >= 4 is 162 Å². The van der Waals surface area contributed by atoms with Crippen LogP contribution in [-0.2, 0) is 0 Å². The van der Waals surface area contributed by atoms with Crippen LogP contribution < -0.4 is 0 Å². The molecule has 0 heterocycles. The van der Waals surface area contributed by atoms with E-state index in [1.54, 1.807) is 0 Å². The molecule has 0 unspecified atom stereocenters. The van der Waals surface area contributed by atoms with Gasteiger partial charge in [0.15, 0.2) is 0 Å². The van der Waals surface area contributed by atoms with Gasteiger partial charge in [0, 0.05) is 0 Å². The minimum atomic E-state index is 1.23. The van der Waals surface area contributed by atoms with E-state index < -0.39 is 0 Å². The summed E-state index contributed by atoms with van der Waals surface area (Å²) < 4.78 is 0. The zero-order chi connectivity index (χ0) is 83.1. The Hall–Kier alpha value is -16.4. The fourth-order valence-corrected chi connectivity index (χ4v) is 21.0. The molecule has 26 aromatic carbocycles. The van der Waals surface area contributed by atoms with Crippen molar-refractivity contribution in [2.45, 2.75) is 0 Å². The first-order valence-electron chi connectivity index (χ1n) is 43.8. The van der Waals surface area contributed by atoms with Gasteiger partial charge in [-0.2, -0.15) is 0 Å². The quantitative estimate of drug-likeness (QED) is 0.105. The second-order valence-corrected chi connectivity index (χ2v) is 33.3. The van der Waals surface area contributed by atoms with Gasteiger partial charge in [-0.05, 0) is 269 Å². The third kappa shape index (κ3) is 12.4. The molecule has 0 fully saturated rings. The van der Waals surface area contributed by atoms with Crippen LogP contribution in [0.15, 0.2) is 485 Å². The predicted octanol–water partition coefficient (Wildman–Crippen LogP) is 35.7. The maximum atomic E-state index is 2.44. The molecule has 0 aliphatic rings. The van der Waals surface area contributed by atoms with Crippen LogP contribution >= 0.6 is 0 Å². The van der Waals surface area contributed by atoms with Crippen molar-refractivity contribution in [2.75, 3.05) is 0 Å². The molecule has 0 aromatic heterocycles. The maximum absolute atomic E-state index is 2.44. The van der Waals surface area contributed by atoms with Crippen molar-refractivity contribution in [3.63, 3.8) is 0 Å². The second-order valence-electron chi connectivity index (χ2n) is 33.3. The Balaban J connectivity index is 0.000000106. The lowest BCUT2D eigenvalue weighted by Gasteiger charge is -2.20. The van der Waals surface area contributed by atoms with E-state index in [1.165, 1.54) is 251 Å². The molecule has 0 spiro atoms. The SMILES string of the molecule is c1ccc(-c2c3ccccc3c(-c3cc4c5ccccc5ccc4c4ccccc34)c3ccccc23)cc1.c1ccc(-c2c3ccccc3c(-c3ccc(-c4c5ccccc5cc5c4ccc4ccccc45)cc3)c3ccccc23)cc1.c1ccc(-c2c3ccccc3c(-c3ccc(-c4cc5c6ccccc6ccc5c5ccccc45)cc3)c3ccccc23)cc1. The number of hydrogen-bond acceptors (Lipinski definition) is 0. The Morgan fingerprint density at radius 3 is 0.595 bits per heavy atom. The highest BCUT2D eigenvalue weighted by Crippen LogP contribution is 2.51. The Morgan fingerprint density at radius 2 is 0.270 bits per heavy atom. The zero-order valence-corrected chi connectivity index (χ0v) is 69.2. The molecule has 26 rings (SSSR count). The van der Waals surface area contributed by atoms with E-state index in [0.717, 1.165) is 0 Å². The monoisotopic (exact) mass is 1590 g/mol. The summed E-state index contributed by atoms with van der Waals surface area (Å²) in [6.45, 7) is 0. The smallest absolute Gasteiger partial charge is 0.00199 e. The predicted molar refractivity (Wildman–Crippen MR) is 545 cm³/mol. The van der Waals surface area contributed by atoms with Crippen LogP contribution in [0.25, 0.3) is 251 Å². The molecule has 0 atom stereocenters. The van der Waals surface area contributed by atoms with Gasteiger partial charge in [0.05, 0.1) is 0 Å². The van der Waals surface area contributed by atoms with Crippen molar-refractivity contribution in [1.29, 1.82) is 0 Å². The summed E-state index contributed by atoms with van der Waals surface area (Å²) in [5.74, 6) is 0. The molecule has 126 heavy (non-hydrogen) atoms. The van der Waals surface area contributed by atoms with Gasteiger partial charge in [0.25, 0.3) is 0 Å². The molecule has 0 nitrogen and oxygen atoms in total. The van der Waals surface area contributed by atoms with Gasteiger partial charge >= 0.3 is 0 Å². The maximum Gasteiger partial charge on any atom is -0.00199 e. The fourth-order valence-electron chi connectivity index (χ4n) is 21.0. The van der Waals surface area contributed by atoms with Gasteiger partial charge in [0.1, 0.15) is 0 Å². The summed E-state index contributed by atoms with van der Waals surface area (Å²) >= 11 is 0. The molecule has 0 aliphatic heterocycles. The zero-order valence-electron chi connectivity index (χ0n) is 69.2. The molecule has 0 saturated carbocycles. The molecular weight excluding hydrogens is 1510 g/mol. The lowest BCUT2D eigenvalue weighted by atomic mass is 9.83. The lowest BCUT2D eigenvalue weighted by molar-refractivity contribution is 1.64. The Bertz CT molecular complexity index is 8630. The van der Waals surface area contributed by atoms with Crippen molar-refractivity contribution in [2.24, 2.45) is 0 Å². The molecule has 0 radical (unpaired) electrons. The van der Waals surface area contributed by atoms with E-state index in [9.17, 15) is 0 Å². The summed E-state index contributed by atoms with van der Waals surface area (Å²) in [6, 6.07) is 178. The summed E-state index contributed by atoms with van der Waals surface area (Å²) in [5, 5.41) is 38.6. The number of hydrogen-bond donors (Lipinski definition) is 0. The first-order valence-corrected chi connectivity index (χ1v) is 43.8. The number of benzene rings is 26. The molecule has 584 valence electrons. The van der Waals surface area contributed by atoms with Crippen molar-refractivity contribution in [3.05, 3.63) is 485 Å². The first-order chi connectivity index (χ1) is 62.6. The third-order valence-electron chi connectivity index (χ3n) is 26.5. The number of fused-ring (bicyclic) bond motifs is 20. The van der Waals surface area contributed by atoms with E-state index in [-0.39, 0.29) is 0 Å². The average molecular weight is 1590 g/mol. The summed E-state index contributed by atoms with van der Waals surface area (Å²) in [6.07, 6.45) is 0. The van der Waals surface area contributed by atoms with Crippen LogP contribution in [0.4, 0.5) is 0 Å². The van der Waals surface area contributed by atoms with Gasteiger partial charge < -0.3 is 0 Å². The van der Waals surface area contributed by atoms with E-state index in [0.29, 0.717) is 0 Å². The minimum Gasteiger partial charge on any atom is -0.0622 e. The number of rotatable bonds is 8. The van der Waals surface area contributed by atoms with Crippen molar-refractivity contribution in [3.8, 4) is 89.0 Å². The highest BCUT2D eigenvalue weighted by Gasteiger charge is 2.24. The van der Waals surface area contributed by atoms with Crippen LogP contribution in [0.5, 0.6) is 0 Å². The van der Waals surface area contributed by atoms with Gasteiger partial charge in [-0.3, -0.25) is 0 Å². The van der Waals surface area contributed by atoms with Crippen LogP contribution in [0.1, 0.15) is 0 Å². The largest absolute Gasteiger partial charge is 0.0622 e. The molecule has 0 saturated heterocycles. The van der Waals surface area contributed by atoms with Crippen LogP contribution in [0, 0.1) is 0 Å². The summed E-state index contributed by atoms with van der Waals surface area (Å²) in [7, 11) is 0. The summed E-state index contributed by atoms with van der Waals surface area (Å²) in [4.78, 5) is 0. The highest BCUT2D eigenvalue weighted by molar-refractivity contribution is 6.30. The van der Waals surface area contributed by atoms with E-state index >= 15 is 0 Å². The van der Waals surface area contributed by atoms with Crippen molar-refractivity contribution in [1.82, 2.24) is 0 Å². The molecule has 0 aliphatic carbocycles. The highest BCUT2D eigenvalue weighted by atomic mass is 14.3. The molecule has 0 N–H and O–H groups in total. The summed E-state index contributed by atoms with van der Waals surface area (Å²) in [5.41, 5.74) is 20.3. The Labute approximate surface area is 730 Å². The van der Waals surface area contributed by atoms with Gasteiger partial charge in [-0.15, -0.1) is 0 Å². The Morgan fingerprint density at radius 1 is 0.0794 bits per heavy atom. The van der Waals surface area contributed by atoms with Crippen LogP contribution in [-0.4, -0.2) is 0 Å². The van der Waals surface area contributed by atoms with Gasteiger partial charge in [0.2, 0.25) is 0 Å². The fraction of sp³-hybridized carbons (Fsp3) is 0. The van der Waals surface area contributed by atoms with E-state index in [1.807, 2.05) is 0 Å². The molecule has 0 amide bonds. The molecule has 26 aromatic rings. The molecular formula is C126H80. The molecule has 0 bridgehead atoms. The second kappa shape index (κ2) is 30.9. The van der Waals surface area contributed by atoms with E-state index in [2.05, 4.69) is 485 Å².